The Kier molecular flexibility index (Phi) is 4.63. The SMILES string of the molecule is O=C1[C@H]2CCC[C@H]1[C@@H](c1ccc(Br)cc1)N[C@@H]2c1ccc(Br)cc1. The first-order valence-corrected chi connectivity index (χ1v) is 10.0. The Balaban J connectivity index is 1.71. The van der Waals surface area contributed by atoms with E-state index in [-0.39, 0.29) is 23.9 Å². The number of piperidine rings is 1. The van der Waals surface area contributed by atoms with Gasteiger partial charge in [0, 0.05) is 32.9 Å². The Hall–Kier alpha value is -0.970. The van der Waals surface area contributed by atoms with Crippen LogP contribution in [0.3, 0.4) is 0 Å². The minimum atomic E-state index is 0.107. The van der Waals surface area contributed by atoms with Crippen LogP contribution in [0.15, 0.2) is 57.5 Å². The van der Waals surface area contributed by atoms with Crippen LogP contribution in [-0.2, 0) is 4.79 Å². The van der Waals surface area contributed by atoms with Crippen LogP contribution >= 0.6 is 31.9 Å². The molecular formula is C20H19Br2NO. The zero-order valence-corrected chi connectivity index (χ0v) is 16.4. The monoisotopic (exact) mass is 447 g/mol. The van der Waals surface area contributed by atoms with E-state index in [4.69, 9.17) is 0 Å². The molecule has 1 aliphatic heterocycles. The summed E-state index contributed by atoms with van der Waals surface area (Å²) in [5, 5.41) is 3.81. The number of nitrogens with one attached hydrogen (secondary N) is 1. The molecular weight excluding hydrogens is 430 g/mol. The minimum Gasteiger partial charge on any atom is -0.302 e. The maximum absolute atomic E-state index is 13.1. The molecule has 24 heavy (non-hydrogen) atoms. The van der Waals surface area contributed by atoms with Crippen molar-refractivity contribution in [2.45, 2.75) is 31.3 Å². The highest BCUT2D eigenvalue weighted by molar-refractivity contribution is 9.10. The summed E-state index contributed by atoms with van der Waals surface area (Å²) in [6.07, 6.45) is 3.13. The summed E-state index contributed by atoms with van der Waals surface area (Å²) in [7, 11) is 0. The Bertz CT molecular complexity index is 680. The van der Waals surface area contributed by atoms with E-state index in [0.717, 1.165) is 28.2 Å². The highest BCUT2D eigenvalue weighted by Crippen LogP contribution is 2.45. The lowest BCUT2D eigenvalue weighted by Crippen LogP contribution is -2.50. The molecule has 2 bridgehead atoms. The van der Waals surface area contributed by atoms with Gasteiger partial charge in [-0.05, 0) is 48.2 Å². The van der Waals surface area contributed by atoms with Gasteiger partial charge >= 0.3 is 0 Å². The molecule has 1 heterocycles. The van der Waals surface area contributed by atoms with Crippen LogP contribution in [0.4, 0.5) is 0 Å². The molecule has 2 aromatic carbocycles. The number of hydrogen-bond acceptors (Lipinski definition) is 2. The van der Waals surface area contributed by atoms with Crippen LogP contribution in [0.2, 0.25) is 0 Å². The molecule has 4 heteroatoms. The fourth-order valence-corrected chi connectivity index (χ4v) is 4.73. The molecule has 2 aromatic rings. The first-order valence-electron chi connectivity index (χ1n) is 8.44. The number of carbonyl (C=O) groups is 1. The zero-order chi connectivity index (χ0) is 16.7. The van der Waals surface area contributed by atoms with E-state index in [2.05, 4.69) is 85.7 Å². The van der Waals surface area contributed by atoms with E-state index < -0.39 is 0 Å². The van der Waals surface area contributed by atoms with E-state index in [1.165, 1.54) is 11.1 Å². The van der Waals surface area contributed by atoms with Crippen molar-refractivity contribution in [3.8, 4) is 0 Å². The van der Waals surface area contributed by atoms with Crippen LogP contribution in [0.1, 0.15) is 42.5 Å². The molecule has 4 rings (SSSR count). The first kappa shape index (κ1) is 16.5. The van der Waals surface area contributed by atoms with Gasteiger partial charge in [0.1, 0.15) is 5.78 Å². The van der Waals surface area contributed by atoms with Gasteiger partial charge in [-0.1, -0.05) is 62.5 Å². The van der Waals surface area contributed by atoms with Crippen molar-refractivity contribution in [1.82, 2.24) is 5.32 Å². The van der Waals surface area contributed by atoms with Gasteiger partial charge < -0.3 is 5.32 Å². The number of ketones is 1. The molecule has 1 saturated heterocycles. The molecule has 2 aliphatic rings. The maximum atomic E-state index is 13.1. The summed E-state index contributed by atoms with van der Waals surface area (Å²) < 4.78 is 2.14. The standard InChI is InChI=1S/C20H19Br2NO/c21-14-8-4-12(5-9-14)18-16-2-1-3-17(20(16)24)19(23-18)13-6-10-15(22)11-7-13/h4-11,16-19,23H,1-3H2/t16-,17-,18+,19+/m0/s1. The van der Waals surface area contributed by atoms with Gasteiger partial charge in [-0.3, -0.25) is 4.79 Å². The third kappa shape index (κ3) is 3.00. The molecule has 1 aliphatic carbocycles. The van der Waals surface area contributed by atoms with Crippen LogP contribution in [0, 0.1) is 11.8 Å². The number of rotatable bonds is 2. The summed E-state index contributed by atoms with van der Waals surface area (Å²) in [6, 6.07) is 17.0. The van der Waals surface area contributed by atoms with Gasteiger partial charge in [0.05, 0.1) is 0 Å². The molecule has 0 aromatic heterocycles. The second-order valence-electron chi connectivity index (χ2n) is 6.77. The van der Waals surface area contributed by atoms with Gasteiger partial charge in [-0.2, -0.15) is 0 Å². The van der Waals surface area contributed by atoms with Crippen molar-refractivity contribution >= 4 is 37.6 Å². The lowest BCUT2D eigenvalue weighted by molar-refractivity contribution is -0.135. The molecule has 0 spiro atoms. The van der Waals surface area contributed by atoms with Crippen LogP contribution < -0.4 is 5.32 Å². The van der Waals surface area contributed by atoms with E-state index in [0.29, 0.717) is 5.78 Å². The Morgan fingerprint density at radius 3 is 1.58 bits per heavy atom. The minimum absolute atomic E-state index is 0.107. The van der Waals surface area contributed by atoms with Crippen molar-refractivity contribution < 1.29 is 4.79 Å². The smallest absolute Gasteiger partial charge is 0.142 e. The molecule has 2 nitrogen and oxygen atoms in total. The van der Waals surface area contributed by atoms with Gasteiger partial charge in [0.2, 0.25) is 0 Å². The first-order chi connectivity index (χ1) is 11.6. The number of hydrogen-bond donors (Lipinski definition) is 1. The summed E-state index contributed by atoms with van der Waals surface area (Å²) in [5.74, 6) is 0.661. The molecule has 124 valence electrons. The molecule has 2 fully saturated rings. The maximum Gasteiger partial charge on any atom is 0.142 e. The van der Waals surface area contributed by atoms with Crippen molar-refractivity contribution in [2.75, 3.05) is 0 Å². The largest absolute Gasteiger partial charge is 0.302 e. The van der Waals surface area contributed by atoms with E-state index in [9.17, 15) is 4.79 Å². The summed E-state index contributed by atoms with van der Waals surface area (Å²) in [4.78, 5) is 13.1. The topological polar surface area (TPSA) is 29.1 Å². The number of fused-ring (bicyclic) bond motifs is 2. The predicted molar refractivity (Wildman–Crippen MR) is 103 cm³/mol. The molecule has 4 atom stereocenters. The molecule has 0 amide bonds. The number of halogens is 2. The van der Waals surface area contributed by atoms with E-state index in [1.807, 2.05) is 0 Å². The average molecular weight is 449 g/mol. The highest BCUT2D eigenvalue weighted by Gasteiger charge is 2.46. The lowest BCUT2D eigenvalue weighted by Gasteiger charge is -2.45. The Morgan fingerprint density at radius 1 is 0.750 bits per heavy atom. The molecule has 1 N–H and O–H groups in total. The predicted octanol–water partition coefficient (Wildman–Crippen LogP) is 5.58. The van der Waals surface area contributed by atoms with E-state index >= 15 is 0 Å². The molecule has 1 saturated carbocycles. The second-order valence-corrected chi connectivity index (χ2v) is 8.60. The van der Waals surface area contributed by atoms with Gasteiger partial charge in [-0.25, -0.2) is 0 Å². The lowest BCUT2D eigenvalue weighted by atomic mass is 9.67. The third-order valence-corrected chi connectivity index (χ3v) is 6.44. The Labute approximate surface area is 159 Å². The Morgan fingerprint density at radius 2 is 1.17 bits per heavy atom. The molecule has 0 radical (unpaired) electrons. The number of benzene rings is 2. The van der Waals surface area contributed by atoms with Crippen molar-refractivity contribution in [1.29, 1.82) is 0 Å². The zero-order valence-electron chi connectivity index (χ0n) is 13.2. The van der Waals surface area contributed by atoms with E-state index in [1.54, 1.807) is 0 Å². The summed E-state index contributed by atoms with van der Waals surface area (Å²) in [6.45, 7) is 0. The average Bonchev–Trinajstić information content (AvgIpc) is 2.57. The van der Waals surface area contributed by atoms with Crippen LogP contribution in [0.5, 0.6) is 0 Å². The van der Waals surface area contributed by atoms with Gasteiger partial charge in [0.15, 0.2) is 0 Å². The quantitative estimate of drug-likeness (QED) is 0.649. The molecule has 0 unspecified atom stereocenters. The van der Waals surface area contributed by atoms with Crippen LogP contribution in [-0.4, -0.2) is 5.78 Å². The van der Waals surface area contributed by atoms with Crippen LogP contribution in [0.25, 0.3) is 0 Å². The van der Waals surface area contributed by atoms with Crippen molar-refractivity contribution in [2.24, 2.45) is 11.8 Å². The number of carbonyl (C=O) groups excluding carboxylic acids is 1. The van der Waals surface area contributed by atoms with Gasteiger partial charge in [0.25, 0.3) is 0 Å². The number of Topliss-reactive ketones (excluding diaryl/α,β-unsaturated/α-hetero) is 1. The summed E-state index contributed by atoms with van der Waals surface area (Å²) >= 11 is 7.00. The normalized spacial score (nSPS) is 29.5. The summed E-state index contributed by atoms with van der Waals surface area (Å²) in [5.41, 5.74) is 2.41. The van der Waals surface area contributed by atoms with Crippen molar-refractivity contribution in [3.05, 3.63) is 68.6 Å². The fourth-order valence-electron chi connectivity index (χ4n) is 4.20. The fraction of sp³-hybridized carbons (Fsp3) is 0.350. The van der Waals surface area contributed by atoms with Crippen molar-refractivity contribution in [3.63, 3.8) is 0 Å². The highest BCUT2D eigenvalue weighted by atomic mass is 79.9. The third-order valence-electron chi connectivity index (χ3n) is 5.38. The van der Waals surface area contributed by atoms with Gasteiger partial charge in [-0.15, -0.1) is 0 Å². The second kappa shape index (κ2) is 6.74.